The molecule has 1 saturated carbocycles. The molecule has 0 amide bonds. The first-order valence-corrected chi connectivity index (χ1v) is 7.18. The molecule has 1 unspecified atom stereocenters. The topological polar surface area (TPSA) is 12.4 Å². The summed E-state index contributed by atoms with van der Waals surface area (Å²) in [6, 6.07) is 0. The van der Waals surface area contributed by atoms with Gasteiger partial charge in [0.15, 0.2) is 0 Å². The van der Waals surface area contributed by atoms with Gasteiger partial charge in [-0.1, -0.05) is 44.8 Å². The number of nitrogens with zero attached hydrogens (tertiary/aromatic N) is 1. The molecule has 2 rings (SSSR count). The molecule has 1 fully saturated rings. The highest BCUT2D eigenvalue weighted by molar-refractivity contribution is 8.01. The van der Waals surface area contributed by atoms with Gasteiger partial charge in [-0.25, -0.2) is 4.40 Å². The molecular weight excluding hydrogens is 214 g/mol. The summed E-state index contributed by atoms with van der Waals surface area (Å²) in [7, 11) is 0. The van der Waals surface area contributed by atoms with Gasteiger partial charge >= 0.3 is 0 Å². The van der Waals surface area contributed by atoms with E-state index in [9.17, 15) is 0 Å². The van der Waals surface area contributed by atoms with Crippen molar-refractivity contribution in [2.75, 3.05) is 0 Å². The molecular formula is C14H21NS. The molecule has 1 nitrogen and oxygen atoms in total. The number of hydrogen-bond acceptors (Lipinski definition) is 2. The summed E-state index contributed by atoms with van der Waals surface area (Å²) in [6.07, 6.45) is 16.5. The molecule has 0 aromatic carbocycles. The maximum atomic E-state index is 4.25. The van der Waals surface area contributed by atoms with E-state index in [1.54, 1.807) is 11.9 Å². The van der Waals surface area contributed by atoms with E-state index in [-0.39, 0.29) is 0 Å². The molecule has 0 spiro atoms. The molecule has 0 radical (unpaired) electrons. The standard InChI is InChI=1S/C14H21NS/c1-12(5-7-13-8-9-13)6-10-14-4-2-3-11-15-16-14/h2-4,11-13H,5-10H2,1H3. The Morgan fingerprint density at radius 3 is 3.06 bits per heavy atom. The van der Waals surface area contributed by atoms with Crippen molar-refractivity contribution in [3.05, 3.63) is 23.1 Å². The minimum absolute atomic E-state index is 0.873. The normalized spacial score (nSPS) is 21.7. The predicted octanol–water partition coefficient (Wildman–Crippen LogP) is 4.77. The summed E-state index contributed by atoms with van der Waals surface area (Å²) in [4.78, 5) is 1.41. The molecule has 2 heteroatoms. The van der Waals surface area contributed by atoms with Crippen molar-refractivity contribution in [3.8, 4) is 0 Å². The lowest BCUT2D eigenvalue weighted by Crippen LogP contribution is -1.95. The highest BCUT2D eigenvalue weighted by Gasteiger charge is 2.21. The summed E-state index contributed by atoms with van der Waals surface area (Å²) >= 11 is 1.63. The third kappa shape index (κ3) is 4.56. The Labute approximate surface area is 103 Å². The zero-order valence-electron chi connectivity index (χ0n) is 10.1. The van der Waals surface area contributed by atoms with E-state index in [2.05, 4.69) is 23.5 Å². The first-order chi connectivity index (χ1) is 7.84. The van der Waals surface area contributed by atoms with Crippen molar-refractivity contribution in [2.24, 2.45) is 16.2 Å². The molecule has 0 bridgehead atoms. The Morgan fingerprint density at radius 2 is 2.25 bits per heavy atom. The van der Waals surface area contributed by atoms with Gasteiger partial charge in [-0.3, -0.25) is 0 Å². The summed E-state index contributed by atoms with van der Waals surface area (Å²) < 4.78 is 4.25. The summed E-state index contributed by atoms with van der Waals surface area (Å²) in [5, 5.41) is 0. The molecule has 0 aromatic rings. The van der Waals surface area contributed by atoms with Crippen LogP contribution in [0.15, 0.2) is 27.5 Å². The van der Waals surface area contributed by atoms with E-state index in [0.29, 0.717) is 0 Å². The van der Waals surface area contributed by atoms with Gasteiger partial charge in [0, 0.05) is 23.1 Å². The van der Waals surface area contributed by atoms with Crippen molar-refractivity contribution in [2.45, 2.75) is 45.4 Å². The Kier molecular flexibility index (Phi) is 4.70. The minimum Gasteiger partial charge on any atom is -0.220 e. The van der Waals surface area contributed by atoms with Gasteiger partial charge in [0.2, 0.25) is 0 Å². The van der Waals surface area contributed by atoms with Crippen molar-refractivity contribution >= 4 is 18.2 Å². The van der Waals surface area contributed by atoms with Gasteiger partial charge in [0.05, 0.1) is 0 Å². The van der Waals surface area contributed by atoms with Gasteiger partial charge in [0.25, 0.3) is 0 Å². The van der Waals surface area contributed by atoms with Crippen LogP contribution in [-0.2, 0) is 0 Å². The Bertz CT molecular complexity index is 300. The van der Waals surface area contributed by atoms with E-state index in [4.69, 9.17) is 0 Å². The lowest BCUT2D eigenvalue weighted by molar-refractivity contribution is 0.461. The van der Waals surface area contributed by atoms with Crippen LogP contribution >= 0.6 is 11.9 Å². The largest absolute Gasteiger partial charge is 0.220 e. The van der Waals surface area contributed by atoms with E-state index in [0.717, 1.165) is 11.8 Å². The molecule has 0 aromatic heterocycles. The second kappa shape index (κ2) is 6.29. The van der Waals surface area contributed by atoms with E-state index < -0.39 is 0 Å². The molecule has 2 aliphatic rings. The molecule has 1 aliphatic carbocycles. The maximum absolute atomic E-state index is 4.25. The third-order valence-electron chi connectivity index (χ3n) is 3.36. The van der Waals surface area contributed by atoms with Crippen LogP contribution in [-0.4, -0.2) is 6.21 Å². The fourth-order valence-corrected chi connectivity index (χ4v) is 2.58. The van der Waals surface area contributed by atoms with Gasteiger partial charge in [-0.2, -0.15) is 0 Å². The second-order valence-corrected chi connectivity index (χ2v) is 5.95. The van der Waals surface area contributed by atoms with Crippen molar-refractivity contribution in [3.63, 3.8) is 0 Å². The molecule has 1 atom stereocenters. The quantitative estimate of drug-likeness (QED) is 0.604. The van der Waals surface area contributed by atoms with Crippen LogP contribution < -0.4 is 0 Å². The smallest absolute Gasteiger partial charge is 0.0355 e. The first-order valence-electron chi connectivity index (χ1n) is 6.41. The van der Waals surface area contributed by atoms with Crippen LogP contribution in [0.25, 0.3) is 0 Å². The third-order valence-corrected chi connectivity index (χ3v) is 4.16. The molecule has 0 N–H and O–H groups in total. The monoisotopic (exact) mass is 235 g/mol. The SMILES string of the molecule is CC(CCC1=CC=CC=NS1)CCC1CC1. The Morgan fingerprint density at radius 1 is 1.38 bits per heavy atom. The first kappa shape index (κ1) is 12.0. The molecule has 0 saturated heterocycles. The number of allylic oxidation sites excluding steroid dienone is 4. The number of hydrogen-bond donors (Lipinski definition) is 0. The fraction of sp³-hybridized carbons (Fsp3) is 0.643. The maximum Gasteiger partial charge on any atom is 0.0355 e. The minimum atomic E-state index is 0.873. The fourth-order valence-electron chi connectivity index (χ4n) is 1.96. The van der Waals surface area contributed by atoms with Crippen LogP contribution in [0.4, 0.5) is 0 Å². The Balaban J connectivity index is 1.63. The second-order valence-electron chi connectivity index (χ2n) is 5.03. The number of rotatable bonds is 6. The van der Waals surface area contributed by atoms with Crippen molar-refractivity contribution < 1.29 is 0 Å². The highest BCUT2D eigenvalue weighted by Crippen LogP contribution is 2.35. The summed E-state index contributed by atoms with van der Waals surface area (Å²) in [6.45, 7) is 2.39. The Hall–Kier alpha value is -0.500. The summed E-state index contributed by atoms with van der Waals surface area (Å²) in [5.41, 5.74) is 0. The lowest BCUT2D eigenvalue weighted by Gasteiger charge is -2.11. The van der Waals surface area contributed by atoms with Gasteiger partial charge in [0.1, 0.15) is 0 Å². The van der Waals surface area contributed by atoms with Crippen LogP contribution in [0.5, 0.6) is 0 Å². The van der Waals surface area contributed by atoms with E-state index in [1.165, 1.54) is 43.4 Å². The zero-order valence-corrected chi connectivity index (χ0v) is 10.9. The average Bonchev–Trinajstić information content (AvgIpc) is 3.10. The summed E-state index contributed by atoms with van der Waals surface area (Å²) in [5.74, 6) is 1.96. The van der Waals surface area contributed by atoms with Gasteiger partial charge in [-0.05, 0) is 30.8 Å². The van der Waals surface area contributed by atoms with E-state index in [1.807, 2.05) is 12.3 Å². The van der Waals surface area contributed by atoms with Crippen molar-refractivity contribution in [1.29, 1.82) is 0 Å². The molecule has 16 heavy (non-hydrogen) atoms. The van der Waals surface area contributed by atoms with Crippen LogP contribution in [0.3, 0.4) is 0 Å². The lowest BCUT2D eigenvalue weighted by atomic mass is 9.98. The van der Waals surface area contributed by atoms with Crippen molar-refractivity contribution in [1.82, 2.24) is 0 Å². The van der Waals surface area contributed by atoms with Crippen LogP contribution in [0.2, 0.25) is 0 Å². The van der Waals surface area contributed by atoms with Crippen LogP contribution in [0.1, 0.15) is 45.4 Å². The average molecular weight is 235 g/mol. The molecule has 1 heterocycles. The zero-order chi connectivity index (χ0) is 11.2. The van der Waals surface area contributed by atoms with Gasteiger partial charge < -0.3 is 0 Å². The molecule has 1 aliphatic heterocycles. The van der Waals surface area contributed by atoms with Crippen LogP contribution in [0, 0.1) is 11.8 Å². The molecule has 88 valence electrons. The highest BCUT2D eigenvalue weighted by atomic mass is 32.2. The van der Waals surface area contributed by atoms with Gasteiger partial charge in [-0.15, -0.1) is 0 Å². The predicted molar refractivity (Wildman–Crippen MR) is 73.7 cm³/mol. The van der Waals surface area contributed by atoms with E-state index >= 15 is 0 Å².